The Morgan fingerprint density at radius 1 is 1.40 bits per heavy atom. The van der Waals surface area contributed by atoms with Crippen LogP contribution < -0.4 is 5.32 Å². The lowest BCUT2D eigenvalue weighted by molar-refractivity contribution is 0.248. The minimum Gasteiger partial charge on any atom is -0.396 e. The highest BCUT2D eigenvalue weighted by molar-refractivity contribution is 7.17. The molecule has 1 unspecified atom stereocenters. The summed E-state index contributed by atoms with van der Waals surface area (Å²) in [5.74, 6) is 0.568. The molecule has 2 aromatic rings. The highest BCUT2D eigenvalue weighted by atomic mass is 32.1. The van der Waals surface area contributed by atoms with Gasteiger partial charge in [0, 0.05) is 24.2 Å². The summed E-state index contributed by atoms with van der Waals surface area (Å²) in [6.45, 7) is 8.47. The second kappa shape index (κ2) is 7.20. The van der Waals surface area contributed by atoms with Gasteiger partial charge in [-0.1, -0.05) is 13.3 Å². The summed E-state index contributed by atoms with van der Waals surface area (Å²) in [4.78, 5) is 6.98. The van der Waals surface area contributed by atoms with E-state index in [1.165, 1.54) is 23.4 Å². The van der Waals surface area contributed by atoms with Crippen molar-refractivity contribution < 1.29 is 5.11 Å². The van der Waals surface area contributed by atoms with E-state index in [2.05, 4.69) is 41.7 Å². The fraction of sp³-hybridized carbons (Fsp3) is 0.667. The molecule has 112 valence electrons. The van der Waals surface area contributed by atoms with Gasteiger partial charge in [0.05, 0.1) is 11.4 Å². The SMILES string of the molecule is CCCC(CCO)CNCc1c(C)nc2sc(C)cn12. The summed E-state index contributed by atoms with van der Waals surface area (Å²) in [5, 5.41) is 12.6. The van der Waals surface area contributed by atoms with E-state index >= 15 is 0 Å². The van der Waals surface area contributed by atoms with E-state index in [9.17, 15) is 0 Å². The Labute approximate surface area is 124 Å². The highest BCUT2D eigenvalue weighted by Gasteiger charge is 2.12. The monoisotopic (exact) mass is 295 g/mol. The number of rotatable bonds is 8. The predicted molar refractivity (Wildman–Crippen MR) is 84.4 cm³/mol. The molecule has 0 spiro atoms. The largest absolute Gasteiger partial charge is 0.396 e. The van der Waals surface area contributed by atoms with Crippen molar-refractivity contribution in [1.82, 2.24) is 14.7 Å². The van der Waals surface area contributed by atoms with Crippen LogP contribution in [0.2, 0.25) is 0 Å². The van der Waals surface area contributed by atoms with Gasteiger partial charge in [-0.15, -0.1) is 11.3 Å². The first kappa shape index (κ1) is 15.5. The average Bonchev–Trinajstić information content (AvgIpc) is 2.87. The number of hydrogen-bond donors (Lipinski definition) is 2. The maximum Gasteiger partial charge on any atom is 0.194 e. The Kier molecular flexibility index (Phi) is 5.57. The van der Waals surface area contributed by atoms with Crippen molar-refractivity contribution in [3.05, 3.63) is 22.5 Å². The van der Waals surface area contributed by atoms with Gasteiger partial charge >= 0.3 is 0 Å². The van der Waals surface area contributed by atoms with Crippen molar-refractivity contribution in [3.8, 4) is 0 Å². The molecule has 2 aromatic heterocycles. The molecular weight excluding hydrogens is 270 g/mol. The first-order valence-electron chi connectivity index (χ1n) is 7.41. The van der Waals surface area contributed by atoms with Gasteiger partial charge in [-0.25, -0.2) is 4.98 Å². The van der Waals surface area contributed by atoms with Crippen molar-refractivity contribution in [2.75, 3.05) is 13.2 Å². The zero-order valence-corrected chi connectivity index (χ0v) is 13.5. The summed E-state index contributed by atoms with van der Waals surface area (Å²) in [6, 6.07) is 0. The van der Waals surface area contributed by atoms with E-state index in [4.69, 9.17) is 5.11 Å². The molecular formula is C15H25N3OS. The molecule has 0 aromatic carbocycles. The van der Waals surface area contributed by atoms with Crippen molar-refractivity contribution in [2.24, 2.45) is 5.92 Å². The minimum atomic E-state index is 0.284. The van der Waals surface area contributed by atoms with Crippen LogP contribution in [0.5, 0.6) is 0 Å². The number of aromatic nitrogens is 2. The Morgan fingerprint density at radius 3 is 2.90 bits per heavy atom. The number of hydrogen-bond acceptors (Lipinski definition) is 4. The summed E-state index contributed by atoms with van der Waals surface area (Å²) in [7, 11) is 0. The van der Waals surface area contributed by atoms with Gasteiger partial charge in [-0.2, -0.15) is 0 Å². The van der Waals surface area contributed by atoms with Gasteiger partial charge in [-0.3, -0.25) is 4.40 Å². The molecule has 4 nitrogen and oxygen atoms in total. The van der Waals surface area contributed by atoms with Gasteiger partial charge < -0.3 is 10.4 Å². The molecule has 2 heterocycles. The molecule has 0 fully saturated rings. The first-order chi connectivity index (χ1) is 9.65. The number of nitrogens with one attached hydrogen (secondary N) is 1. The second-order valence-corrected chi connectivity index (χ2v) is 6.65. The molecule has 0 aliphatic carbocycles. The third kappa shape index (κ3) is 3.59. The van der Waals surface area contributed by atoms with E-state index in [1.807, 2.05) is 0 Å². The van der Waals surface area contributed by atoms with Crippen molar-refractivity contribution >= 4 is 16.3 Å². The molecule has 5 heteroatoms. The first-order valence-corrected chi connectivity index (χ1v) is 8.22. The van der Waals surface area contributed by atoms with Crippen LogP contribution in [0.3, 0.4) is 0 Å². The zero-order chi connectivity index (χ0) is 14.5. The van der Waals surface area contributed by atoms with Gasteiger partial charge in [0.2, 0.25) is 0 Å². The van der Waals surface area contributed by atoms with Crippen LogP contribution >= 0.6 is 11.3 Å². The predicted octanol–water partition coefficient (Wildman–Crippen LogP) is 2.90. The third-order valence-corrected chi connectivity index (χ3v) is 4.60. The molecule has 0 bridgehead atoms. The summed E-state index contributed by atoms with van der Waals surface area (Å²) >= 11 is 1.73. The lowest BCUT2D eigenvalue weighted by Gasteiger charge is -2.15. The van der Waals surface area contributed by atoms with Gasteiger partial charge in [0.25, 0.3) is 0 Å². The van der Waals surface area contributed by atoms with Crippen molar-refractivity contribution in [2.45, 2.75) is 46.6 Å². The molecule has 2 rings (SSSR count). The Bertz CT molecular complexity index is 541. The topological polar surface area (TPSA) is 49.6 Å². The second-order valence-electron chi connectivity index (χ2n) is 5.44. The molecule has 0 aliphatic heterocycles. The maximum atomic E-state index is 9.09. The molecule has 1 atom stereocenters. The number of thiazole rings is 1. The van der Waals surface area contributed by atoms with Crippen LogP contribution in [0.25, 0.3) is 4.96 Å². The van der Waals surface area contributed by atoms with Crippen LogP contribution in [-0.4, -0.2) is 27.6 Å². The van der Waals surface area contributed by atoms with Crippen LogP contribution in [0.15, 0.2) is 6.20 Å². The van der Waals surface area contributed by atoms with Crippen LogP contribution in [0.4, 0.5) is 0 Å². The maximum absolute atomic E-state index is 9.09. The molecule has 20 heavy (non-hydrogen) atoms. The fourth-order valence-corrected chi connectivity index (χ4v) is 3.55. The average molecular weight is 295 g/mol. The number of aryl methyl sites for hydroxylation is 2. The molecule has 0 radical (unpaired) electrons. The van der Waals surface area contributed by atoms with Gasteiger partial charge in [-0.05, 0) is 39.2 Å². The van der Waals surface area contributed by atoms with Crippen molar-refractivity contribution in [1.29, 1.82) is 0 Å². The van der Waals surface area contributed by atoms with Gasteiger partial charge in [0.15, 0.2) is 4.96 Å². The highest BCUT2D eigenvalue weighted by Crippen LogP contribution is 2.20. The summed E-state index contributed by atoms with van der Waals surface area (Å²) in [6.07, 6.45) is 5.39. The van der Waals surface area contributed by atoms with E-state index in [-0.39, 0.29) is 6.61 Å². The molecule has 0 saturated heterocycles. The molecule has 2 N–H and O–H groups in total. The third-order valence-electron chi connectivity index (χ3n) is 3.70. The number of aliphatic hydroxyl groups excluding tert-OH is 1. The fourth-order valence-electron chi connectivity index (χ4n) is 2.66. The number of aliphatic hydroxyl groups is 1. The lowest BCUT2D eigenvalue weighted by Crippen LogP contribution is -2.24. The molecule has 0 amide bonds. The Hall–Kier alpha value is -0.910. The van der Waals surface area contributed by atoms with E-state index in [1.54, 1.807) is 11.3 Å². The molecule has 0 aliphatic rings. The lowest BCUT2D eigenvalue weighted by atomic mass is 10.0. The smallest absolute Gasteiger partial charge is 0.194 e. The zero-order valence-electron chi connectivity index (χ0n) is 12.6. The van der Waals surface area contributed by atoms with Crippen LogP contribution in [-0.2, 0) is 6.54 Å². The number of fused-ring (bicyclic) bond motifs is 1. The quantitative estimate of drug-likeness (QED) is 0.787. The Morgan fingerprint density at radius 2 is 2.20 bits per heavy atom. The summed E-state index contributed by atoms with van der Waals surface area (Å²) < 4.78 is 2.20. The van der Waals surface area contributed by atoms with Crippen LogP contribution in [0, 0.1) is 19.8 Å². The van der Waals surface area contributed by atoms with Crippen molar-refractivity contribution in [3.63, 3.8) is 0 Å². The normalized spacial score (nSPS) is 13.2. The minimum absolute atomic E-state index is 0.284. The standard InChI is InChI=1S/C15H25N3OS/c1-4-5-13(6-7-19)8-16-9-14-12(3)17-15-18(14)10-11(2)20-15/h10,13,16,19H,4-9H2,1-3H3. The summed E-state index contributed by atoms with van der Waals surface area (Å²) in [5.41, 5.74) is 2.36. The molecule has 0 saturated carbocycles. The van der Waals surface area contributed by atoms with Gasteiger partial charge in [0.1, 0.15) is 0 Å². The Balaban J connectivity index is 1.96. The van der Waals surface area contributed by atoms with Crippen LogP contribution in [0.1, 0.15) is 42.5 Å². The van der Waals surface area contributed by atoms with E-state index in [0.29, 0.717) is 5.92 Å². The number of imidazole rings is 1. The number of nitrogens with zero attached hydrogens (tertiary/aromatic N) is 2. The van der Waals surface area contributed by atoms with E-state index in [0.717, 1.165) is 30.2 Å². The van der Waals surface area contributed by atoms with E-state index < -0.39 is 0 Å².